The normalized spacial score (nSPS) is 14.8. The molecule has 0 atom stereocenters. The van der Waals surface area contributed by atoms with Crippen molar-refractivity contribution in [2.75, 3.05) is 51.0 Å². The maximum atomic E-state index is 8.94. The summed E-state index contributed by atoms with van der Waals surface area (Å²) in [7, 11) is 3.82. The van der Waals surface area contributed by atoms with Gasteiger partial charge in [-0.05, 0) is 59.3 Å². The summed E-state index contributed by atoms with van der Waals surface area (Å²) in [6.45, 7) is 3.86. The summed E-state index contributed by atoms with van der Waals surface area (Å²) in [6.07, 6.45) is 1.70. The monoisotopic (exact) mass is 407 g/mol. The molecule has 0 unspecified atom stereocenters. The number of aromatic nitrogens is 1. The second-order valence-electron chi connectivity index (χ2n) is 7.18. The molecule has 150 valence electrons. The van der Waals surface area contributed by atoms with Gasteiger partial charge in [0.05, 0.1) is 24.1 Å². The summed E-state index contributed by atoms with van der Waals surface area (Å²) in [5.41, 5.74) is 11.1. The van der Waals surface area contributed by atoms with Crippen LogP contribution >= 0.6 is 11.3 Å². The van der Waals surface area contributed by atoms with Crippen LogP contribution in [-0.2, 0) is 0 Å². The molecule has 4 rings (SSSR count). The molecule has 1 fully saturated rings. The lowest BCUT2D eigenvalue weighted by Gasteiger charge is -2.35. The maximum absolute atomic E-state index is 8.94. The van der Waals surface area contributed by atoms with Crippen LogP contribution in [0.25, 0.3) is 11.1 Å². The highest BCUT2D eigenvalue weighted by atomic mass is 32.1. The average molecular weight is 408 g/mol. The van der Waals surface area contributed by atoms with Crippen molar-refractivity contribution in [1.29, 1.82) is 5.41 Å². The molecule has 3 heterocycles. The van der Waals surface area contributed by atoms with E-state index in [2.05, 4.69) is 27.2 Å². The minimum atomic E-state index is 0.370. The van der Waals surface area contributed by atoms with Crippen LogP contribution in [0.15, 0.2) is 47.3 Å². The molecule has 0 aliphatic carbocycles. The number of anilines is 2. The predicted octanol–water partition coefficient (Wildman–Crippen LogP) is 3.57. The van der Waals surface area contributed by atoms with E-state index < -0.39 is 0 Å². The number of nitrogen functional groups attached to an aromatic ring is 1. The zero-order chi connectivity index (χ0) is 20.4. The average Bonchev–Trinajstić information content (AvgIpc) is 3.28. The van der Waals surface area contributed by atoms with Crippen LogP contribution in [0.2, 0.25) is 0 Å². The molecule has 1 saturated heterocycles. The summed E-state index contributed by atoms with van der Waals surface area (Å²) in [5.74, 6) is 1.19. The zero-order valence-corrected chi connectivity index (χ0v) is 17.5. The van der Waals surface area contributed by atoms with Crippen molar-refractivity contribution in [1.82, 2.24) is 9.88 Å². The third kappa shape index (κ3) is 3.83. The molecule has 1 aliphatic rings. The predicted molar refractivity (Wildman–Crippen MR) is 121 cm³/mol. The van der Waals surface area contributed by atoms with Crippen LogP contribution in [-0.4, -0.2) is 55.9 Å². The van der Waals surface area contributed by atoms with Crippen LogP contribution < -0.4 is 15.4 Å². The third-order valence-corrected chi connectivity index (χ3v) is 6.06. The lowest BCUT2D eigenvalue weighted by atomic mass is 9.95. The first-order chi connectivity index (χ1) is 14.1. The third-order valence-electron chi connectivity index (χ3n) is 5.37. The van der Waals surface area contributed by atoms with Gasteiger partial charge in [-0.1, -0.05) is 0 Å². The Morgan fingerprint density at radius 2 is 1.97 bits per heavy atom. The number of nitrogens with zero attached hydrogens (tertiary/aromatic N) is 3. The SMILES string of the molecule is COc1ccc(C(=N)c2c(-c3ccsc3)ccnc2N)cc1N1CCN(C)CC1. The molecular weight excluding hydrogens is 382 g/mol. The van der Waals surface area contributed by atoms with Gasteiger partial charge in [-0.25, -0.2) is 4.98 Å². The van der Waals surface area contributed by atoms with Gasteiger partial charge >= 0.3 is 0 Å². The van der Waals surface area contributed by atoms with E-state index in [-0.39, 0.29) is 0 Å². The smallest absolute Gasteiger partial charge is 0.142 e. The van der Waals surface area contributed by atoms with Gasteiger partial charge in [0.2, 0.25) is 0 Å². The summed E-state index contributed by atoms with van der Waals surface area (Å²) in [4.78, 5) is 8.89. The molecule has 29 heavy (non-hydrogen) atoms. The number of thiophene rings is 1. The van der Waals surface area contributed by atoms with Crippen LogP contribution in [0.3, 0.4) is 0 Å². The number of likely N-dealkylation sites (N-methyl/N-ethyl adjacent to an activating group) is 1. The van der Waals surface area contributed by atoms with E-state index in [0.29, 0.717) is 17.1 Å². The number of piperazine rings is 1. The van der Waals surface area contributed by atoms with E-state index in [1.54, 1.807) is 24.6 Å². The van der Waals surface area contributed by atoms with E-state index in [0.717, 1.165) is 54.3 Å². The van der Waals surface area contributed by atoms with Crippen LogP contribution in [0.5, 0.6) is 5.75 Å². The van der Waals surface area contributed by atoms with Crippen molar-refractivity contribution in [2.24, 2.45) is 0 Å². The van der Waals surface area contributed by atoms with E-state index >= 15 is 0 Å². The highest BCUT2D eigenvalue weighted by Crippen LogP contribution is 2.34. The fraction of sp³-hybridized carbons (Fsp3) is 0.273. The fourth-order valence-electron chi connectivity index (χ4n) is 3.68. The number of pyridine rings is 1. The molecule has 1 aliphatic heterocycles. The molecule has 0 bridgehead atoms. The van der Waals surface area contributed by atoms with Crippen molar-refractivity contribution >= 4 is 28.6 Å². The molecular formula is C22H25N5OS. The number of ether oxygens (including phenoxy) is 1. The second-order valence-corrected chi connectivity index (χ2v) is 7.96. The van der Waals surface area contributed by atoms with Crippen molar-refractivity contribution in [3.05, 3.63) is 58.4 Å². The van der Waals surface area contributed by atoms with E-state index in [4.69, 9.17) is 15.9 Å². The Balaban J connectivity index is 1.75. The lowest BCUT2D eigenvalue weighted by molar-refractivity contribution is 0.311. The standard InChI is InChI=1S/C22H25N5OS/c1-26-8-10-27(11-9-26)18-13-15(3-4-19(18)28-2)21(23)20-17(5-7-25-22(20)24)16-6-12-29-14-16/h3-7,12-14,23H,8-11H2,1-2H3,(H2,24,25). The molecule has 0 amide bonds. The van der Waals surface area contributed by atoms with E-state index in [1.165, 1.54) is 0 Å². The van der Waals surface area contributed by atoms with Gasteiger partial charge < -0.3 is 20.3 Å². The first-order valence-electron chi connectivity index (χ1n) is 9.56. The summed E-state index contributed by atoms with van der Waals surface area (Å²) in [5, 5.41) is 13.0. The molecule has 1 aromatic carbocycles. The fourth-order valence-corrected chi connectivity index (χ4v) is 4.34. The quantitative estimate of drug-likeness (QED) is 0.632. The number of rotatable bonds is 5. The van der Waals surface area contributed by atoms with Crippen LogP contribution in [0.1, 0.15) is 11.1 Å². The first kappa shape index (κ1) is 19.4. The Labute approximate surface area is 175 Å². The highest BCUT2D eigenvalue weighted by Gasteiger charge is 2.21. The minimum Gasteiger partial charge on any atom is -0.495 e. The van der Waals surface area contributed by atoms with E-state index in [1.807, 2.05) is 35.7 Å². The summed E-state index contributed by atoms with van der Waals surface area (Å²) < 4.78 is 5.61. The topological polar surface area (TPSA) is 78.5 Å². The molecule has 3 aromatic rings. The van der Waals surface area contributed by atoms with Gasteiger partial charge in [0.15, 0.2) is 0 Å². The Morgan fingerprint density at radius 3 is 2.66 bits per heavy atom. The Hall–Kier alpha value is -2.90. The summed E-state index contributed by atoms with van der Waals surface area (Å²) in [6, 6.07) is 9.86. The van der Waals surface area contributed by atoms with Crippen LogP contribution in [0, 0.1) is 5.41 Å². The van der Waals surface area contributed by atoms with Gasteiger partial charge in [-0.2, -0.15) is 11.3 Å². The zero-order valence-electron chi connectivity index (χ0n) is 16.7. The molecule has 0 spiro atoms. The van der Waals surface area contributed by atoms with Crippen molar-refractivity contribution in [2.45, 2.75) is 0 Å². The minimum absolute atomic E-state index is 0.370. The molecule has 0 saturated carbocycles. The van der Waals surface area contributed by atoms with Gasteiger partial charge in [-0.15, -0.1) is 0 Å². The first-order valence-corrected chi connectivity index (χ1v) is 10.5. The maximum Gasteiger partial charge on any atom is 0.142 e. The molecule has 7 heteroatoms. The van der Waals surface area contributed by atoms with Crippen molar-refractivity contribution < 1.29 is 4.74 Å². The number of methoxy groups -OCH3 is 1. The molecule has 0 radical (unpaired) electrons. The van der Waals surface area contributed by atoms with Gasteiger partial charge in [0.1, 0.15) is 11.6 Å². The van der Waals surface area contributed by atoms with Crippen molar-refractivity contribution in [3.8, 4) is 16.9 Å². The number of hydrogen-bond donors (Lipinski definition) is 2. The molecule has 3 N–H and O–H groups in total. The Bertz CT molecular complexity index is 1010. The number of nitrogens with two attached hydrogens (primary N) is 1. The van der Waals surface area contributed by atoms with E-state index in [9.17, 15) is 0 Å². The van der Waals surface area contributed by atoms with Gasteiger partial charge in [-0.3, -0.25) is 5.41 Å². The molecule has 6 nitrogen and oxygen atoms in total. The largest absolute Gasteiger partial charge is 0.495 e. The van der Waals surface area contributed by atoms with Gasteiger partial charge in [0, 0.05) is 37.9 Å². The molecule has 2 aromatic heterocycles. The Kier molecular flexibility index (Phi) is 5.51. The van der Waals surface area contributed by atoms with Crippen molar-refractivity contribution in [3.63, 3.8) is 0 Å². The number of nitrogens with one attached hydrogen (secondary N) is 1. The lowest BCUT2D eigenvalue weighted by Crippen LogP contribution is -2.44. The highest BCUT2D eigenvalue weighted by molar-refractivity contribution is 7.08. The number of benzene rings is 1. The Morgan fingerprint density at radius 1 is 1.17 bits per heavy atom. The number of hydrogen-bond acceptors (Lipinski definition) is 7. The van der Waals surface area contributed by atoms with Crippen LogP contribution in [0.4, 0.5) is 11.5 Å². The second kappa shape index (κ2) is 8.23. The summed E-state index contributed by atoms with van der Waals surface area (Å²) >= 11 is 1.62. The van der Waals surface area contributed by atoms with Gasteiger partial charge in [0.25, 0.3) is 0 Å².